The number of fused-ring (bicyclic) bond motifs is 2. The molecule has 5 heteroatoms. The zero-order valence-corrected chi connectivity index (χ0v) is 11.1. The van der Waals surface area contributed by atoms with Crippen molar-refractivity contribution in [2.45, 2.75) is 13.3 Å². The first-order valence-corrected chi connectivity index (χ1v) is 6.60. The number of ether oxygens (including phenoxy) is 1. The molecular weight excluding hydrogens is 252 g/mol. The SMILES string of the molecule is Cc1nc(-c2cccc3c2CCO3)c2ccnc(N)n12. The van der Waals surface area contributed by atoms with Crippen molar-refractivity contribution in [2.24, 2.45) is 0 Å². The second-order valence-electron chi connectivity index (χ2n) is 4.91. The quantitative estimate of drug-likeness (QED) is 0.733. The molecule has 5 nitrogen and oxygen atoms in total. The summed E-state index contributed by atoms with van der Waals surface area (Å²) < 4.78 is 7.51. The molecule has 20 heavy (non-hydrogen) atoms. The van der Waals surface area contributed by atoms with Crippen LogP contribution in [0.15, 0.2) is 30.5 Å². The van der Waals surface area contributed by atoms with Gasteiger partial charge in [-0.2, -0.15) is 0 Å². The lowest BCUT2D eigenvalue weighted by atomic mass is 10.0. The van der Waals surface area contributed by atoms with Crippen molar-refractivity contribution in [3.05, 3.63) is 41.9 Å². The molecule has 0 unspecified atom stereocenters. The summed E-state index contributed by atoms with van der Waals surface area (Å²) in [5.41, 5.74) is 10.2. The van der Waals surface area contributed by atoms with Crippen molar-refractivity contribution in [3.8, 4) is 17.0 Å². The molecular formula is C15H14N4O. The molecule has 1 aliphatic heterocycles. The van der Waals surface area contributed by atoms with Gasteiger partial charge in [0.1, 0.15) is 11.6 Å². The molecule has 0 atom stereocenters. The first kappa shape index (κ1) is 11.3. The molecule has 0 amide bonds. The van der Waals surface area contributed by atoms with Crippen LogP contribution in [-0.4, -0.2) is 21.0 Å². The smallest absolute Gasteiger partial charge is 0.206 e. The van der Waals surface area contributed by atoms with Crippen LogP contribution in [0.3, 0.4) is 0 Å². The van der Waals surface area contributed by atoms with Gasteiger partial charge in [-0.15, -0.1) is 0 Å². The molecule has 0 fully saturated rings. The fraction of sp³-hybridized carbons (Fsp3) is 0.200. The summed E-state index contributed by atoms with van der Waals surface area (Å²) in [5, 5.41) is 0. The highest BCUT2D eigenvalue weighted by molar-refractivity contribution is 5.82. The summed E-state index contributed by atoms with van der Waals surface area (Å²) in [7, 11) is 0. The lowest BCUT2D eigenvalue weighted by Gasteiger charge is -2.05. The van der Waals surface area contributed by atoms with Crippen molar-refractivity contribution >= 4 is 11.5 Å². The second kappa shape index (κ2) is 3.96. The highest BCUT2D eigenvalue weighted by Gasteiger charge is 2.20. The van der Waals surface area contributed by atoms with Gasteiger partial charge >= 0.3 is 0 Å². The van der Waals surface area contributed by atoms with E-state index in [1.807, 2.05) is 29.5 Å². The molecule has 1 aromatic carbocycles. The maximum Gasteiger partial charge on any atom is 0.206 e. The van der Waals surface area contributed by atoms with Crippen molar-refractivity contribution in [1.82, 2.24) is 14.4 Å². The number of hydrogen-bond donors (Lipinski definition) is 1. The standard InChI is InChI=1S/C15H14N4O/c1-9-18-14(12-5-7-17-15(16)19(9)12)11-3-2-4-13-10(11)6-8-20-13/h2-5,7H,6,8H2,1H3,(H2,16,17). The van der Waals surface area contributed by atoms with Crippen molar-refractivity contribution in [1.29, 1.82) is 0 Å². The van der Waals surface area contributed by atoms with Gasteiger partial charge in [0.25, 0.3) is 0 Å². The van der Waals surface area contributed by atoms with Crippen molar-refractivity contribution < 1.29 is 4.74 Å². The Kier molecular flexibility index (Phi) is 2.24. The lowest BCUT2D eigenvalue weighted by Crippen LogP contribution is -2.00. The first-order chi connectivity index (χ1) is 9.75. The van der Waals surface area contributed by atoms with E-state index < -0.39 is 0 Å². The number of rotatable bonds is 1. The van der Waals surface area contributed by atoms with E-state index >= 15 is 0 Å². The van der Waals surface area contributed by atoms with Crippen LogP contribution in [0.1, 0.15) is 11.4 Å². The highest BCUT2D eigenvalue weighted by Crippen LogP contribution is 2.36. The van der Waals surface area contributed by atoms with Gasteiger partial charge in [0, 0.05) is 23.7 Å². The Morgan fingerprint density at radius 2 is 2.20 bits per heavy atom. The van der Waals surface area contributed by atoms with Gasteiger partial charge in [-0.05, 0) is 19.1 Å². The molecule has 2 N–H and O–H groups in total. The molecule has 3 heterocycles. The van der Waals surface area contributed by atoms with Gasteiger partial charge in [-0.25, -0.2) is 9.97 Å². The molecule has 3 aromatic rings. The summed E-state index contributed by atoms with van der Waals surface area (Å²) in [6.07, 6.45) is 2.64. The number of nitrogens with zero attached hydrogens (tertiary/aromatic N) is 3. The predicted octanol–water partition coefficient (Wildman–Crippen LogP) is 2.22. The molecule has 2 aromatic heterocycles. The zero-order valence-electron chi connectivity index (χ0n) is 11.1. The van der Waals surface area contributed by atoms with Crippen LogP contribution >= 0.6 is 0 Å². The molecule has 0 spiro atoms. The first-order valence-electron chi connectivity index (χ1n) is 6.60. The largest absolute Gasteiger partial charge is 0.493 e. The van der Waals surface area contributed by atoms with Gasteiger partial charge in [-0.1, -0.05) is 12.1 Å². The van der Waals surface area contributed by atoms with Crippen LogP contribution in [0.2, 0.25) is 0 Å². The maximum absolute atomic E-state index is 5.95. The van der Waals surface area contributed by atoms with Crippen LogP contribution in [-0.2, 0) is 6.42 Å². The summed E-state index contributed by atoms with van der Waals surface area (Å²) in [4.78, 5) is 8.81. The van der Waals surface area contributed by atoms with Gasteiger partial charge in [0.15, 0.2) is 0 Å². The number of anilines is 1. The number of imidazole rings is 1. The zero-order chi connectivity index (χ0) is 13.7. The fourth-order valence-electron chi connectivity index (χ4n) is 2.88. The Balaban J connectivity index is 2.05. The normalized spacial score (nSPS) is 13.4. The minimum atomic E-state index is 0.461. The summed E-state index contributed by atoms with van der Waals surface area (Å²) >= 11 is 0. The lowest BCUT2D eigenvalue weighted by molar-refractivity contribution is 0.357. The molecule has 100 valence electrons. The molecule has 0 saturated carbocycles. The minimum absolute atomic E-state index is 0.461. The van der Waals surface area contributed by atoms with Gasteiger partial charge < -0.3 is 10.5 Å². The number of aromatic nitrogens is 3. The van der Waals surface area contributed by atoms with E-state index in [2.05, 4.69) is 16.0 Å². The molecule has 0 radical (unpaired) electrons. The number of hydrogen-bond acceptors (Lipinski definition) is 4. The molecule has 0 aliphatic carbocycles. The Morgan fingerprint density at radius 1 is 1.30 bits per heavy atom. The summed E-state index contributed by atoms with van der Waals surface area (Å²) in [6, 6.07) is 8.05. The summed E-state index contributed by atoms with van der Waals surface area (Å²) in [5.74, 6) is 2.27. The van der Waals surface area contributed by atoms with E-state index in [0.717, 1.165) is 41.4 Å². The van der Waals surface area contributed by atoms with Crippen LogP contribution in [0.25, 0.3) is 16.8 Å². The second-order valence-corrected chi connectivity index (χ2v) is 4.91. The van der Waals surface area contributed by atoms with Crippen LogP contribution < -0.4 is 10.5 Å². The van der Waals surface area contributed by atoms with Crippen molar-refractivity contribution in [3.63, 3.8) is 0 Å². The molecule has 4 rings (SSSR count). The third kappa shape index (κ3) is 1.43. The molecule has 0 bridgehead atoms. The fourth-order valence-corrected chi connectivity index (χ4v) is 2.88. The Bertz CT molecular complexity index is 822. The van der Waals surface area contributed by atoms with Crippen LogP contribution in [0, 0.1) is 6.92 Å². The van der Waals surface area contributed by atoms with E-state index in [1.54, 1.807) is 6.20 Å². The summed E-state index contributed by atoms with van der Waals surface area (Å²) in [6.45, 7) is 2.68. The number of benzene rings is 1. The van der Waals surface area contributed by atoms with Crippen LogP contribution in [0.5, 0.6) is 5.75 Å². The topological polar surface area (TPSA) is 65.4 Å². The number of nitrogens with two attached hydrogens (primary N) is 1. The third-order valence-electron chi connectivity index (χ3n) is 3.75. The van der Waals surface area contributed by atoms with Gasteiger partial charge in [0.2, 0.25) is 5.95 Å². The minimum Gasteiger partial charge on any atom is -0.493 e. The van der Waals surface area contributed by atoms with E-state index in [4.69, 9.17) is 10.5 Å². The molecule has 0 saturated heterocycles. The molecule has 1 aliphatic rings. The van der Waals surface area contributed by atoms with E-state index in [9.17, 15) is 0 Å². The number of nitrogen functional groups attached to an aromatic ring is 1. The average Bonchev–Trinajstić information content (AvgIpc) is 3.04. The predicted molar refractivity (Wildman–Crippen MR) is 76.8 cm³/mol. The van der Waals surface area contributed by atoms with E-state index in [1.165, 1.54) is 5.56 Å². The third-order valence-corrected chi connectivity index (χ3v) is 3.75. The Labute approximate surface area is 116 Å². The van der Waals surface area contributed by atoms with E-state index in [0.29, 0.717) is 5.95 Å². The van der Waals surface area contributed by atoms with Gasteiger partial charge in [-0.3, -0.25) is 4.40 Å². The average molecular weight is 266 g/mol. The maximum atomic E-state index is 5.95. The Hall–Kier alpha value is -2.56. The van der Waals surface area contributed by atoms with E-state index in [-0.39, 0.29) is 0 Å². The number of aryl methyl sites for hydroxylation is 1. The van der Waals surface area contributed by atoms with Gasteiger partial charge in [0.05, 0.1) is 17.8 Å². The van der Waals surface area contributed by atoms with Crippen molar-refractivity contribution in [2.75, 3.05) is 12.3 Å². The highest BCUT2D eigenvalue weighted by atomic mass is 16.5. The monoisotopic (exact) mass is 266 g/mol. The Morgan fingerprint density at radius 3 is 3.10 bits per heavy atom. The van der Waals surface area contributed by atoms with Crippen LogP contribution in [0.4, 0.5) is 5.95 Å².